The van der Waals surface area contributed by atoms with Crippen molar-refractivity contribution in [2.45, 2.75) is 40.8 Å². The van der Waals surface area contributed by atoms with Crippen molar-refractivity contribution in [1.29, 1.82) is 0 Å². The Hall–Kier alpha value is -2.04. The number of rotatable bonds is 5. The molecule has 0 radical (unpaired) electrons. The molecular formula is C15H22N4O. The molecule has 2 aromatic rings. The third-order valence-corrected chi connectivity index (χ3v) is 3.06. The van der Waals surface area contributed by atoms with Gasteiger partial charge in [0.25, 0.3) is 0 Å². The molecule has 0 atom stereocenters. The molecule has 0 saturated heterocycles. The number of aryl methyl sites for hydroxylation is 2. The first kappa shape index (κ1) is 14.4. The highest BCUT2D eigenvalue weighted by atomic mass is 16.5. The summed E-state index contributed by atoms with van der Waals surface area (Å²) in [5, 5.41) is 4.23. The molecule has 1 aromatic heterocycles. The quantitative estimate of drug-likeness (QED) is 0.851. The third kappa shape index (κ3) is 3.29. The molecule has 0 saturated carbocycles. The van der Waals surface area contributed by atoms with Crippen LogP contribution in [0.25, 0.3) is 0 Å². The lowest BCUT2D eigenvalue weighted by molar-refractivity contribution is 0.279. The van der Waals surface area contributed by atoms with Crippen molar-refractivity contribution in [3.05, 3.63) is 35.4 Å². The zero-order valence-corrected chi connectivity index (χ0v) is 12.6. The van der Waals surface area contributed by atoms with Gasteiger partial charge in [0, 0.05) is 12.2 Å². The Balaban J connectivity index is 2.12. The molecule has 0 unspecified atom stereocenters. The molecule has 0 bridgehead atoms. The van der Waals surface area contributed by atoms with Gasteiger partial charge in [0.15, 0.2) is 5.82 Å². The summed E-state index contributed by atoms with van der Waals surface area (Å²) in [6.07, 6.45) is 1.57. The molecule has 0 aliphatic rings. The predicted molar refractivity (Wildman–Crippen MR) is 79.5 cm³/mol. The summed E-state index contributed by atoms with van der Waals surface area (Å²) >= 11 is 0. The van der Waals surface area contributed by atoms with E-state index >= 15 is 0 Å². The Morgan fingerprint density at radius 1 is 1.25 bits per heavy atom. The fraction of sp³-hybridized carbons (Fsp3) is 0.467. The lowest BCUT2D eigenvalue weighted by Gasteiger charge is -2.13. The Kier molecular flexibility index (Phi) is 4.27. The first-order valence-corrected chi connectivity index (χ1v) is 6.83. The summed E-state index contributed by atoms with van der Waals surface area (Å²) in [7, 11) is 0. The zero-order valence-electron chi connectivity index (χ0n) is 12.6. The third-order valence-electron chi connectivity index (χ3n) is 3.06. The Labute approximate surface area is 119 Å². The number of nitrogens with zero attached hydrogens (tertiary/aromatic N) is 3. The molecule has 1 aromatic carbocycles. The second kappa shape index (κ2) is 5.94. The van der Waals surface area contributed by atoms with Gasteiger partial charge in [-0.25, -0.2) is 9.67 Å². The Bertz CT molecular complexity index is 566. The van der Waals surface area contributed by atoms with Gasteiger partial charge < -0.3 is 10.5 Å². The maximum Gasteiger partial charge on any atom is 0.164 e. The maximum atomic E-state index is 5.91. The molecule has 108 valence electrons. The van der Waals surface area contributed by atoms with Crippen molar-refractivity contribution < 1.29 is 4.74 Å². The SMILES string of the molecule is Cc1cc(N)cc(C)c1OCc1ncnn1CC(C)C. The number of aromatic nitrogens is 3. The van der Waals surface area contributed by atoms with Crippen LogP contribution in [0.15, 0.2) is 18.5 Å². The van der Waals surface area contributed by atoms with Crippen LogP contribution in [0.3, 0.4) is 0 Å². The van der Waals surface area contributed by atoms with Crippen LogP contribution in [0.2, 0.25) is 0 Å². The van der Waals surface area contributed by atoms with Crippen molar-refractivity contribution in [1.82, 2.24) is 14.8 Å². The average molecular weight is 274 g/mol. The van der Waals surface area contributed by atoms with Crippen molar-refractivity contribution in [3.8, 4) is 5.75 Å². The van der Waals surface area contributed by atoms with Crippen molar-refractivity contribution >= 4 is 5.69 Å². The number of nitrogen functional groups attached to an aromatic ring is 1. The summed E-state index contributed by atoms with van der Waals surface area (Å²) in [5.41, 5.74) is 8.65. The van der Waals surface area contributed by atoms with Gasteiger partial charge in [-0.1, -0.05) is 13.8 Å². The van der Waals surface area contributed by atoms with E-state index in [0.29, 0.717) is 12.5 Å². The van der Waals surface area contributed by atoms with E-state index in [1.54, 1.807) is 6.33 Å². The fourth-order valence-electron chi connectivity index (χ4n) is 2.25. The van der Waals surface area contributed by atoms with Gasteiger partial charge in [-0.15, -0.1) is 0 Å². The highest BCUT2D eigenvalue weighted by Gasteiger charge is 2.10. The molecule has 2 rings (SSSR count). The molecule has 5 heteroatoms. The van der Waals surface area contributed by atoms with Crippen LogP contribution in [0.5, 0.6) is 5.75 Å². The van der Waals surface area contributed by atoms with Crippen molar-refractivity contribution in [2.75, 3.05) is 5.73 Å². The van der Waals surface area contributed by atoms with Gasteiger partial charge in [0.2, 0.25) is 0 Å². The standard InChI is InChI=1S/C15H22N4O/c1-10(2)7-19-14(17-9-18-19)8-20-15-11(3)5-13(16)6-12(15)4/h5-6,9-10H,7-8,16H2,1-4H3. The van der Waals surface area contributed by atoms with Crippen LogP contribution in [0.4, 0.5) is 5.69 Å². The normalized spacial score (nSPS) is 11.1. The van der Waals surface area contributed by atoms with E-state index in [1.165, 1.54) is 0 Å². The number of anilines is 1. The van der Waals surface area contributed by atoms with Crippen LogP contribution in [0, 0.1) is 19.8 Å². The first-order chi connectivity index (χ1) is 9.47. The monoisotopic (exact) mass is 274 g/mol. The van der Waals surface area contributed by atoms with Gasteiger partial charge in [0.05, 0.1) is 0 Å². The van der Waals surface area contributed by atoms with Gasteiger partial charge in [0.1, 0.15) is 18.7 Å². The van der Waals surface area contributed by atoms with E-state index in [9.17, 15) is 0 Å². The lowest BCUT2D eigenvalue weighted by atomic mass is 10.1. The number of benzene rings is 1. The topological polar surface area (TPSA) is 66.0 Å². The van der Waals surface area contributed by atoms with Crippen LogP contribution in [0.1, 0.15) is 30.8 Å². The van der Waals surface area contributed by atoms with Gasteiger partial charge in [-0.3, -0.25) is 0 Å². The molecular weight excluding hydrogens is 252 g/mol. The molecule has 1 heterocycles. The first-order valence-electron chi connectivity index (χ1n) is 6.83. The second-order valence-corrected chi connectivity index (χ2v) is 5.52. The summed E-state index contributed by atoms with van der Waals surface area (Å²) in [6, 6.07) is 3.84. The molecule has 0 aliphatic heterocycles. The largest absolute Gasteiger partial charge is 0.485 e. The van der Waals surface area contributed by atoms with E-state index < -0.39 is 0 Å². The van der Waals surface area contributed by atoms with Crippen molar-refractivity contribution in [2.24, 2.45) is 5.92 Å². The highest BCUT2D eigenvalue weighted by Crippen LogP contribution is 2.26. The Morgan fingerprint density at radius 2 is 1.90 bits per heavy atom. The number of ether oxygens (including phenoxy) is 1. The molecule has 5 nitrogen and oxygen atoms in total. The van der Waals surface area contributed by atoms with Crippen molar-refractivity contribution in [3.63, 3.8) is 0 Å². The summed E-state index contributed by atoms with van der Waals surface area (Å²) < 4.78 is 7.81. The molecule has 20 heavy (non-hydrogen) atoms. The Morgan fingerprint density at radius 3 is 2.50 bits per heavy atom. The molecule has 0 aliphatic carbocycles. The summed E-state index contributed by atoms with van der Waals surface area (Å²) in [4.78, 5) is 4.26. The molecule has 0 fully saturated rings. The molecule has 0 amide bonds. The minimum Gasteiger partial charge on any atom is -0.485 e. The van der Waals surface area contributed by atoms with Crippen LogP contribution >= 0.6 is 0 Å². The van der Waals surface area contributed by atoms with E-state index in [-0.39, 0.29) is 0 Å². The highest BCUT2D eigenvalue weighted by molar-refractivity contribution is 5.52. The average Bonchev–Trinajstić information content (AvgIpc) is 2.74. The fourth-order valence-corrected chi connectivity index (χ4v) is 2.25. The molecule has 2 N–H and O–H groups in total. The number of hydrogen-bond donors (Lipinski definition) is 1. The summed E-state index contributed by atoms with van der Waals surface area (Å²) in [6.45, 7) is 9.56. The van der Waals surface area contributed by atoms with Crippen LogP contribution < -0.4 is 10.5 Å². The number of nitrogens with two attached hydrogens (primary N) is 1. The minimum absolute atomic E-state index is 0.415. The second-order valence-electron chi connectivity index (χ2n) is 5.52. The van der Waals surface area contributed by atoms with Crippen LogP contribution in [-0.2, 0) is 13.2 Å². The maximum absolute atomic E-state index is 5.91. The number of hydrogen-bond acceptors (Lipinski definition) is 4. The predicted octanol–water partition coefficient (Wildman–Crippen LogP) is 2.71. The van der Waals surface area contributed by atoms with E-state index in [1.807, 2.05) is 30.7 Å². The van der Waals surface area contributed by atoms with E-state index in [2.05, 4.69) is 23.9 Å². The summed E-state index contributed by atoms with van der Waals surface area (Å²) in [5.74, 6) is 2.24. The van der Waals surface area contributed by atoms with Gasteiger partial charge >= 0.3 is 0 Å². The molecule has 0 spiro atoms. The van der Waals surface area contributed by atoms with Crippen LogP contribution in [-0.4, -0.2) is 14.8 Å². The van der Waals surface area contributed by atoms with E-state index in [4.69, 9.17) is 10.5 Å². The lowest BCUT2D eigenvalue weighted by Crippen LogP contribution is -2.12. The van der Waals surface area contributed by atoms with Gasteiger partial charge in [-0.2, -0.15) is 5.10 Å². The smallest absolute Gasteiger partial charge is 0.164 e. The minimum atomic E-state index is 0.415. The van der Waals surface area contributed by atoms with E-state index in [0.717, 1.165) is 34.9 Å². The zero-order chi connectivity index (χ0) is 14.7. The van der Waals surface area contributed by atoms with Gasteiger partial charge in [-0.05, 0) is 43.0 Å².